The van der Waals surface area contributed by atoms with Crippen molar-refractivity contribution in [2.45, 2.75) is 20.3 Å². The van der Waals surface area contributed by atoms with Gasteiger partial charge in [-0.3, -0.25) is 9.69 Å². The molecular weight excluding hydrogens is 426 g/mol. The maximum atomic E-state index is 13.5. The van der Waals surface area contributed by atoms with E-state index in [1.807, 2.05) is 47.4 Å². The number of fused-ring (bicyclic) bond motifs is 2. The Morgan fingerprint density at radius 3 is 2.58 bits per heavy atom. The number of benzene rings is 3. The molecular formula is C25H26ClN3OS. The first-order valence-electron chi connectivity index (χ1n) is 10.6. The van der Waals surface area contributed by atoms with Crippen LogP contribution in [0.25, 0.3) is 21.0 Å². The minimum atomic E-state index is 0.0636. The average Bonchev–Trinajstić information content (AvgIpc) is 3.19. The van der Waals surface area contributed by atoms with Crippen LogP contribution in [0.1, 0.15) is 19.4 Å². The molecule has 4 nitrogen and oxygen atoms in total. The molecule has 1 heterocycles. The Hall–Kier alpha value is -2.47. The van der Waals surface area contributed by atoms with Gasteiger partial charge in [-0.1, -0.05) is 79.2 Å². The van der Waals surface area contributed by atoms with Gasteiger partial charge in [-0.25, -0.2) is 4.98 Å². The highest BCUT2D eigenvalue weighted by Crippen LogP contribution is 2.31. The molecule has 0 bridgehead atoms. The van der Waals surface area contributed by atoms with E-state index in [2.05, 4.69) is 36.9 Å². The summed E-state index contributed by atoms with van der Waals surface area (Å²) < 4.78 is 0.994. The second kappa shape index (κ2) is 9.77. The van der Waals surface area contributed by atoms with E-state index < -0.39 is 0 Å². The Morgan fingerprint density at radius 1 is 1.00 bits per heavy atom. The number of rotatable bonds is 8. The fourth-order valence-corrected chi connectivity index (χ4v) is 5.10. The van der Waals surface area contributed by atoms with Crippen LogP contribution >= 0.6 is 22.9 Å². The maximum absolute atomic E-state index is 13.5. The highest BCUT2D eigenvalue weighted by atomic mass is 35.5. The van der Waals surface area contributed by atoms with Crippen LogP contribution in [0.4, 0.5) is 5.13 Å². The third kappa shape index (κ3) is 4.90. The van der Waals surface area contributed by atoms with Crippen LogP contribution in [0.5, 0.6) is 0 Å². The summed E-state index contributed by atoms with van der Waals surface area (Å²) in [5.74, 6) is 0.0636. The molecule has 0 N–H and O–H groups in total. The van der Waals surface area contributed by atoms with E-state index in [9.17, 15) is 4.79 Å². The van der Waals surface area contributed by atoms with Gasteiger partial charge in [0.15, 0.2) is 5.13 Å². The van der Waals surface area contributed by atoms with Crippen LogP contribution < -0.4 is 4.90 Å². The largest absolute Gasteiger partial charge is 0.302 e. The summed E-state index contributed by atoms with van der Waals surface area (Å²) in [6.45, 7) is 7.62. The van der Waals surface area contributed by atoms with Gasteiger partial charge in [0, 0.05) is 18.1 Å². The standard InChI is InChI=1S/C25H26ClN3OS/c1-3-28(4-2)14-15-29(25-27-22-13-12-20(26)17-23(22)31-25)24(30)16-19-10-7-9-18-8-5-6-11-21(18)19/h5-13,17H,3-4,14-16H2,1-2H3. The van der Waals surface area contributed by atoms with Crippen molar-refractivity contribution in [2.24, 2.45) is 0 Å². The van der Waals surface area contributed by atoms with Crippen molar-refractivity contribution < 1.29 is 4.79 Å². The lowest BCUT2D eigenvalue weighted by Gasteiger charge is -2.25. The van der Waals surface area contributed by atoms with Crippen LogP contribution in [0.3, 0.4) is 0 Å². The zero-order valence-corrected chi connectivity index (χ0v) is 19.4. The molecule has 0 unspecified atom stereocenters. The van der Waals surface area contributed by atoms with Crippen LogP contribution in [-0.2, 0) is 11.2 Å². The van der Waals surface area contributed by atoms with Gasteiger partial charge in [0.25, 0.3) is 0 Å². The molecule has 0 radical (unpaired) electrons. The molecule has 31 heavy (non-hydrogen) atoms. The van der Waals surface area contributed by atoms with Gasteiger partial charge in [-0.05, 0) is 47.6 Å². The Labute approximate surface area is 192 Å². The van der Waals surface area contributed by atoms with Crippen LogP contribution in [0, 0.1) is 0 Å². The number of amides is 1. The van der Waals surface area contributed by atoms with Gasteiger partial charge in [-0.15, -0.1) is 0 Å². The van der Waals surface area contributed by atoms with Crippen molar-refractivity contribution in [1.29, 1.82) is 0 Å². The van der Waals surface area contributed by atoms with Crippen LogP contribution in [0.2, 0.25) is 5.02 Å². The van der Waals surface area contributed by atoms with E-state index >= 15 is 0 Å². The monoisotopic (exact) mass is 451 g/mol. The number of nitrogens with zero attached hydrogens (tertiary/aromatic N) is 3. The van der Waals surface area contributed by atoms with Crippen molar-refractivity contribution in [1.82, 2.24) is 9.88 Å². The number of aromatic nitrogens is 1. The molecule has 6 heteroatoms. The number of halogens is 1. The molecule has 160 valence electrons. The molecule has 3 aromatic carbocycles. The number of anilines is 1. The predicted octanol–water partition coefficient (Wildman–Crippen LogP) is 6.02. The first-order chi connectivity index (χ1) is 15.1. The molecule has 0 aliphatic heterocycles. The van der Waals surface area contributed by atoms with Gasteiger partial charge in [0.05, 0.1) is 16.6 Å². The molecule has 0 atom stereocenters. The minimum Gasteiger partial charge on any atom is -0.302 e. The molecule has 0 saturated heterocycles. The molecule has 1 amide bonds. The number of carbonyl (C=O) groups excluding carboxylic acids is 1. The summed E-state index contributed by atoms with van der Waals surface area (Å²) in [7, 11) is 0. The van der Waals surface area contributed by atoms with Gasteiger partial charge in [-0.2, -0.15) is 0 Å². The second-order valence-corrected chi connectivity index (χ2v) is 8.94. The first kappa shape index (κ1) is 21.8. The topological polar surface area (TPSA) is 36.4 Å². The van der Waals surface area contributed by atoms with Crippen molar-refractivity contribution in [3.63, 3.8) is 0 Å². The Kier molecular flexibility index (Phi) is 6.86. The molecule has 0 aliphatic carbocycles. The zero-order chi connectivity index (χ0) is 21.8. The lowest BCUT2D eigenvalue weighted by atomic mass is 10.0. The third-order valence-corrected chi connectivity index (χ3v) is 6.90. The van der Waals surface area contributed by atoms with Crippen LogP contribution in [-0.4, -0.2) is 42.0 Å². The second-order valence-electron chi connectivity index (χ2n) is 7.50. The quantitative estimate of drug-likeness (QED) is 0.328. The van der Waals surface area contributed by atoms with E-state index in [1.54, 1.807) is 0 Å². The third-order valence-electron chi connectivity index (χ3n) is 5.63. The maximum Gasteiger partial charge on any atom is 0.233 e. The van der Waals surface area contributed by atoms with E-state index in [1.165, 1.54) is 11.3 Å². The van der Waals surface area contributed by atoms with E-state index in [-0.39, 0.29) is 5.91 Å². The van der Waals surface area contributed by atoms with Gasteiger partial charge >= 0.3 is 0 Å². The minimum absolute atomic E-state index is 0.0636. The fraction of sp³-hybridized carbons (Fsp3) is 0.280. The first-order valence-corrected chi connectivity index (χ1v) is 11.8. The summed E-state index contributed by atoms with van der Waals surface area (Å²) in [6.07, 6.45) is 0.344. The summed E-state index contributed by atoms with van der Waals surface area (Å²) in [4.78, 5) is 22.5. The average molecular weight is 452 g/mol. The normalized spacial score (nSPS) is 11.5. The number of likely N-dealkylation sites (N-methyl/N-ethyl adjacent to an activating group) is 1. The SMILES string of the molecule is CCN(CC)CCN(C(=O)Cc1cccc2ccccc12)c1nc2ccc(Cl)cc2s1. The van der Waals surface area contributed by atoms with E-state index in [0.717, 1.165) is 51.3 Å². The van der Waals surface area contributed by atoms with Crippen LogP contribution in [0.15, 0.2) is 60.7 Å². The van der Waals surface area contributed by atoms with Crippen molar-refractivity contribution in [3.05, 3.63) is 71.2 Å². The fourth-order valence-electron chi connectivity index (χ4n) is 3.82. The number of carbonyl (C=O) groups is 1. The smallest absolute Gasteiger partial charge is 0.233 e. The van der Waals surface area contributed by atoms with Gasteiger partial charge in [0.1, 0.15) is 0 Å². The van der Waals surface area contributed by atoms with Gasteiger partial charge in [0.2, 0.25) is 5.91 Å². The van der Waals surface area contributed by atoms with E-state index in [0.29, 0.717) is 18.0 Å². The molecule has 1 aromatic heterocycles. The molecule has 0 fully saturated rings. The molecule has 4 aromatic rings. The van der Waals surface area contributed by atoms with Crippen molar-refractivity contribution in [3.8, 4) is 0 Å². The summed E-state index contributed by atoms with van der Waals surface area (Å²) in [5, 5.41) is 3.68. The van der Waals surface area contributed by atoms with Crippen molar-refractivity contribution in [2.75, 3.05) is 31.1 Å². The molecule has 0 saturated carbocycles. The Bertz CT molecular complexity index is 1200. The number of hydrogen-bond acceptors (Lipinski definition) is 4. The molecule has 0 aliphatic rings. The number of thiazole rings is 1. The van der Waals surface area contributed by atoms with E-state index in [4.69, 9.17) is 16.6 Å². The van der Waals surface area contributed by atoms with Gasteiger partial charge < -0.3 is 4.90 Å². The summed E-state index contributed by atoms with van der Waals surface area (Å²) in [5.41, 5.74) is 1.91. The lowest BCUT2D eigenvalue weighted by molar-refractivity contribution is -0.118. The Morgan fingerprint density at radius 2 is 1.77 bits per heavy atom. The predicted molar refractivity (Wildman–Crippen MR) is 132 cm³/mol. The molecule has 4 rings (SSSR count). The Balaban J connectivity index is 1.66. The number of hydrogen-bond donors (Lipinski definition) is 0. The zero-order valence-electron chi connectivity index (χ0n) is 17.8. The van der Waals surface area contributed by atoms with Crippen molar-refractivity contribution >= 4 is 55.0 Å². The molecule has 0 spiro atoms. The summed E-state index contributed by atoms with van der Waals surface area (Å²) in [6, 6.07) is 20.0. The summed E-state index contributed by atoms with van der Waals surface area (Å²) >= 11 is 7.68. The highest BCUT2D eigenvalue weighted by Gasteiger charge is 2.21. The lowest BCUT2D eigenvalue weighted by Crippen LogP contribution is -2.39. The highest BCUT2D eigenvalue weighted by molar-refractivity contribution is 7.22.